The van der Waals surface area contributed by atoms with Crippen LogP contribution in [0.2, 0.25) is 0 Å². The Balaban J connectivity index is 2.14. The van der Waals surface area contributed by atoms with Gasteiger partial charge in [0.15, 0.2) is 0 Å². The van der Waals surface area contributed by atoms with Crippen LogP contribution in [0.4, 0.5) is 5.69 Å². The van der Waals surface area contributed by atoms with E-state index in [1.807, 2.05) is 43.3 Å². The van der Waals surface area contributed by atoms with E-state index in [-0.39, 0.29) is 11.7 Å². The van der Waals surface area contributed by atoms with Gasteiger partial charge in [0.05, 0.1) is 0 Å². The molecular formula is C16H13NO2. The van der Waals surface area contributed by atoms with E-state index in [1.54, 1.807) is 12.1 Å². The summed E-state index contributed by atoms with van der Waals surface area (Å²) in [6.45, 7) is 1.95. The number of carbonyl (C=O) groups excluding carboxylic acids is 1. The molecule has 0 saturated carbocycles. The number of carbonyl (C=O) groups is 1. The van der Waals surface area contributed by atoms with Crippen LogP contribution in [-0.2, 0) is 4.79 Å². The highest BCUT2D eigenvalue weighted by Crippen LogP contribution is 2.34. The molecule has 0 aliphatic carbocycles. The number of hydrogen-bond donors (Lipinski definition) is 2. The summed E-state index contributed by atoms with van der Waals surface area (Å²) in [5.41, 5.74) is 3.95. The van der Waals surface area contributed by atoms with Crippen molar-refractivity contribution in [2.75, 3.05) is 5.32 Å². The molecule has 0 aromatic heterocycles. The molecule has 19 heavy (non-hydrogen) atoms. The number of phenols is 1. The Hall–Kier alpha value is -2.55. The maximum Gasteiger partial charge on any atom is 0.256 e. The summed E-state index contributed by atoms with van der Waals surface area (Å²) in [7, 11) is 0. The fourth-order valence-corrected chi connectivity index (χ4v) is 2.23. The van der Waals surface area contributed by atoms with Gasteiger partial charge in [0.25, 0.3) is 5.91 Å². The molecule has 0 unspecified atom stereocenters. The predicted molar refractivity (Wildman–Crippen MR) is 75.8 cm³/mol. The molecule has 2 aromatic rings. The summed E-state index contributed by atoms with van der Waals surface area (Å²) in [5, 5.41) is 12.7. The van der Waals surface area contributed by atoms with Crippen molar-refractivity contribution in [3.8, 4) is 5.75 Å². The van der Waals surface area contributed by atoms with E-state index in [0.29, 0.717) is 11.1 Å². The number of phenolic OH excluding ortho intramolecular Hbond substituents is 1. The van der Waals surface area contributed by atoms with E-state index >= 15 is 0 Å². The van der Waals surface area contributed by atoms with Crippen LogP contribution in [0.5, 0.6) is 5.75 Å². The first kappa shape index (κ1) is 11.5. The minimum absolute atomic E-state index is 0.137. The van der Waals surface area contributed by atoms with Gasteiger partial charge in [-0.2, -0.15) is 0 Å². The van der Waals surface area contributed by atoms with E-state index in [2.05, 4.69) is 5.32 Å². The second kappa shape index (κ2) is 4.28. The monoisotopic (exact) mass is 251 g/mol. The number of amides is 1. The first-order chi connectivity index (χ1) is 9.15. The number of rotatable bonds is 1. The van der Waals surface area contributed by atoms with Crippen LogP contribution < -0.4 is 5.32 Å². The van der Waals surface area contributed by atoms with Crippen molar-refractivity contribution in [2.24, 2.45) is 0 Å². The molecule has 0 atom stereocenters. The molecule has 0 saturated heterocycles. The molecule has 0 radical (unpaired) electrons. The lowest BCUT2D eigenvalue weighted by Crippen LogP contribution is -2.03. The van der Waals surface area contributed by atoms with Gasteiger partial charge in [-0.25, -0.2) is 0 Å². The molecule has 1 amide bonds. The van der Waals surface area contributed by atoms with E-state index in [9.17, 15) is 9.90 Å². The van der Waals surface area contributed by atoms with Crippen molar-refractivity contribution in [1.29, 1.82) is 0 Å². The lowest BCUT2D eigenvalue weighted by atomic mass is 10.0. The lowest BCUT2D eigenvalue weighted by Gasteiger charge is -2.02. The van der Waals surface area contributed by atoms with Crippen molar-refractivity contribution in [1.82, 2.24) is 0 Å². The molecule has 1 aliphatic heterocycles. The van der Waals surface area contributed by atoms with Crippen LogP contribution in [0.25, 0.3) is 11.6 Å². The highest BCUT2D eigenvalue weighted by atomic mass is 16.3. The molecule has 0 spiro atoms. The fraction of sp³-hybridized carbons (Fsp3) is 0.0625. The summed E-state index contributed by atoms with van der Waals surface area (Å²) in [5.74, 6) is 0.0392. The first-order valence-electron chi connectivity index (χ1n) is 6.07. The minimum Gasteiger partial charge on any atom is -0.507 e. The van der Waals surface area contributed by atoms with Gasteiger partial charge in [-0.05, 0) is 31.2 Å². The fourth-order valence-electron chi connectivity index (χ4n) is 2.23. The van der Waals surface area contributed by atoms with Crippen LogP contribution in [0.15, 0.2) is 42.5 Å². The van der Waals surface area contributed by atoms with Crippen molar-refractivity contribution in [2.45, 2.75) is 6.92 Å². The number of fused-ring (bicyclic) bond motifs is 1. The van der Waals surface area contributed by atoms with E-state index in [4.69, 9.17) is 0 Å². The third-order valence-electron chi connectivity index (χ3n) is 3.19. The average Bonchev–Trinajstić information content (AvgIpc) is 2.71. The molecule has 94 valence electrons. The van der Waals surface area contributed by atoms with Crippen LogP contribution in [0, 0.1) is 6.92 Å². The Morgan fingerprint density at radius 1 is 1.16 bits per heavy atom. The van der Waals surface area contributed by atoms with Crippen LogP contribution in [-0.4, -0.2) is 11.0 Å². The van der Waals surface area contributed by atoms with E-state index in [0.717, 1.165) is 16.8 Å². The van der Waals surface area contributed by atoms with E-state index < -0.39 is 0 Å². The van der Waals surface area contributed by atoms with Crippen LogP contribution in [0.3, 0.4) is 0 Å². The summed E-state index contributed by atoms with van der Waals surface area (Å²) < 4.78 is 0. The van der Waals surface area contributed by atoms with Gasteiger partial charge in [0, 0.05) is 22.4 Å². The van der Waals surface area contributed by atoms with Gasteiger partial charge in [0.1, 0.15) is 5.75 Å². The highest BCUT2D eigenvalue weighted by Gasteiger charge is 2.23. The van der Waals surface area contributed by atoms with Crippen LogP contribution >= 0.6 is 0 Å². The zero-order valence-corrected chi connectivity index (χ0v) is 10.5. The number of aryl methyl sites for hydroxylation is 1. The molecule has 3 heteroatoms. The molecule has 1 aliphatic rings. The summed E-state index contributed by atoms with van der Waals surface area (Å²) in [6, 6.07) is 12.9. The Labute approximate surface area is 111 Å². The molecule has 3 rings (SSSR count). The van der Waals surface area contributed by atoms with Crippen LogP contribution in [0.1, 0.15) is 16.7 Å². The number of para-hydroxylation sites is 1. The SMILES string of the molecule is Cc1ccc(O)c(/C=C2\C(=O)Nc3ccccc32)c1. The van der Waals surface area contributed by atoms with Gasteiger partial charge in [-0.3, -0.25) is 4.79 Å². The number of hydrogen-bond acceptors (Lipinski definition) is 2. The molecule has 1 heterocycles. The third-order valence-corrected chi connectivity index (χ3v) is 3.19. The number of anilines is 1. The molecule has 0 bridgehead atoms. The van der Waals surface area contributed by atoms with Gasteiger partial charge >= 0.3 is 0 Å². The topological polar surface area (TPSA) is 49.3 Å². The van der Waals surface area contributed by atoms with Gasteiger partial charge in [0.2, 0.25) is 0 Å². The second-order valence-corrected chi connectivity index (χ2v) is 4.62. The maximum atomic E-state index is 12.0. The Morgan fingerprint density at radius 3 is 2.79 bits per heavy atom. The Bertz CT molecular complexity index is 702. The minimum atomic E-state index is -0.137. The Morgan fingerprint density at radius 2 is 1.95 bits per heavy atom. The standard InChI is InChI=1S/C16H13NO2/c1-10-6-7-15(18)11(8-10)9-13-12-4-2-3-5-14(12)17-16(13)19/h2-9,18H,1H3,(H,17,19)/b13-9-. The summed E-state index contributed by atoms with van der Waals surface area (Å²) >= 11 is 0. The number of nitrogens with one attached hydrogen (secondary N) is 1. The maximum absolute atomic E-state index is 12.0. The molecule has 2 N–H and O–H groups in total. The summed E-state index contributed by atoms with van der Waals surface area (Å²) in [4.78, 5) is 12.0. The third kappa shape index (κ3) is 1.99. The van der Waals surface area contributed by atoms with Crippen molar-refractivity contribution in [3.05, 3.63) is 59.2 Å². The lowest BCUT2D eigenvalue weighted by molar-refractivity contribution is -0.110. The second-order valence-electron chi connectivity index (χ2n) is 4.62. The zero-order chi connectivity index (χ0) is 13.4. The summed E-state index contributed by atoms with van der Waals surface area (Å²) in [6.07, 6.45) is 1.73. The number of benzene rings is 2. The highest BCUT2D eigenvalue weighted by molar-refractivity contribution is 6.35. The zero-order valence-electron chi connectivity index (χ0n) is 10.5. The van der Waals surface area contributed by atoms with Gasteiger partial charge in [-0.15, -0.1) is 0 Å². The van der Waals surface area contributed by atoms with Crippen molar-refractivity contribution in [3.63, 3.8) is 0 Å². The van der Waals surface area contributed by atoms with Gasteiger partial charge in [-0.1, -0.05) is 29.8 Å². The predicted octanol–water partition coefficient (Wildman–Crippen LogP) is 3.19. The molecule has 2 aromatic carbocycles. The molecule has 0 fully saturated rings. The van der Waals surface area contributed by atoms with Gasteiger partial charge < -0.3 is 10.4 Å². The smallest absolute Gasteiger partial charge is 0.256 e. The Kier molecular flexibility index (Phi) is 2.60. The van der Waals surface area contributed by atoms with Crippen molar-refractivity contribution >= 4 is 23.2 Å². The van der Waals surface area contributed by atoms with E-state index in [1.165, 1.54) is 0 Å². The average molecular weight is 251 g/mol. The largest absolute Gasteiger partial charge is 0.507 e. The molecular weight excluding hydrogens is 238 g/mol. The normalized spacial score (nSPS) is 15.4. The first-order valence-corrected chi connectivity index (χ1v) is 6.07. The molecule has 3 nitrogen and oxygen atoms in total. The quantitative estimate of drug-likeness (QED) is 0.765. The van der Waals surface area contributed by atoms with Crippen molar-refractivity contribution < 1.29 is 9.90 Å². The number of aromatic hydroxyl groups is 1.